The number of nitrogens with zero attached hydrogens (tertiary/aromatic N) is 4. The lowest BCUT2D eigenvalue weighted by molar-refractivity contribution is 0.0327. The Morgan fingerprint density at radius 3 is 2.52 bits per heavy atom. The molecule has 2 N–H and O–H groups in total. The van der Waals surface area contributed by atoms with Crippen LogP contribution >= 0.6 is 0 Å². The third-order valence-corrected chi connectivity index (χ3v) is 3.90. The molecule has 2 fully saturated rings. The molecule has 0 amide bonds. The zero-order chi connectivity index (χ0) is 14.7. The SMILES string of the molecule is CNc1nc(NC2CC(OC)C2)nc(N2CCOCC2)n1. The molecular formula is C13H22N6O2. The van der Waals surface area contributed by atoms with E-state index in [0.717, 1.165) is 25.9 Å². The van der Waals surface area contributed by atoms with Gasteiger partial charge < -0.3 is 25.0 Å². The number of morpholine rings is 1. The highest BCUT2D eigenvalue weighted by Gasteiger charge is 2.29. The summed E-state index contributed by atoms with van der Waals surface area (Å²) in [6.07, 6.45) is 2.33. The van der Waals surface area contributed by atoms with Crippen LogP contribution in [0.25, 0.3) is 0 Å². The molecule has 1 saturated heterocycles. The van der Waals surface area contributed by atoms with Crippen molar-refractivity contribution in [3.63, 3.8) is 0 Å². The minimum atomic E-state index is 0.354. The van der Waals surface area contributed by atoms with Gasteiger partial charge in [0.2, 0.25) is 17.8 Å². The van der Waals surface area contributed by atoms with Gasteiger partial charge in [-0.3, -0.25) is 0 Å². The van der Waals surface area contributed by atoms with Crippen molar-refractivity contribution in [2.75, 3.05) is 56.0 Å². The van der Waals surface area contributed by atoms with Crippen LogP contribution in [0, 0.1) is 0 Å². The van der Waals surface area contributed by atoms with E-state index < -0.39 is 0 Å². The van der Waals surface area contributed by atoms with E-state index in [2.05, 4.69) is 30.5 Å². The quantitative estimate of drug-likeness (QED) is 0.804. The summed E-state index contributed by atoms with van der Waals surface area (Å²) in [6, 6.07) is 0.375. The predicted molar refractivity (Wildman–Crippen MR) is 79.8 cm³/mol. The molecule has 0 aromatic carbocycles. The van der Waals surface area contributed by atoms with Crippen LogP contribution in [-0.2, 0) is 9.47 Å². The first kappa shape index (κ1) is 14.3. The molecule has 0 bridgehead atoms. The molecule has 0 unspecified atom stereocenters. The van der Waals surface area contributed by atoms with Gasteiger partial charge in [-0.05, 0) is 12.8 Å². The van der Waals surface area contributed by atoms with Crippen molar-refractivity contribution in [3.8, 4) is 0 Å². The largest absolute Gasteiger partial charge is 0.381 e. The Labute approximate surface area is 124 Å². The number of aromatic nitrogens is 3. The van der Waals surface area contributed by atoms with Crippen LogP contribution in [-0.4, -0.2) is 67.6 Å². The summed E-state index contributed by atoms with van der Waals surface area (Å²) in [5, 5.41) is 6.35. The van der Waals surface area contributed by atoms with Crippen LogP contribution in [0.5, 0.6) is 0 Å². The van der Waals surface area contributed by atoms with Gasteiger partial charge in [0.1, 0.15) is 0 Å². The molecule has 1 saturated carbocycles. The van der Waals surface area contributed by atoms with Gasteiger partial charge in [-0.15, -0.1) is 0 Å². The van der Waals surface area contributed by atoms with Crippen LogP contribution < -0.4 is 15.5 Å². The molecule has 1 aromatic heterocycles. The number of hydrogen-bond donors (Lipinski definition) is 2. The van der Waals surface area contributed by atoms with E-state index in [-0.39, 0.29) is 0 Å². The van der Waals surface area contributed by atoms with E-state index in [0.29, 0.717) is 43.2 Å². The summed E-state index contributed by atoms with van der Waals surface area (Å²) in [5.74, 6) is 1.90. The second-order valence-electron chi connectivity index (χ2n) is 5.30. The van der Waals surface area contributed by atoms with Crippen molar-refractivity contribution < 1.29 is 9.47 Å². The van der Waals surface area contributed by atoms with Crippen LogP contribution in [0.15, 0.2) is 0 Å². The van der Waals surface area contributed by atoms with Crippen molar-refractivity contribution in [1.29, 1.82) is 0 Å². The monoisotopic (exact) mass is 294 g/mol. The van der Waals surface area contributed by atoms with Gasteiger partial charge in [0.25, 0.3) is 0 Å². The van der Waals surface area contributed by atoms with Gasteiger partial charge in [-0.25, -0.2) is 0 Å². The molecule has 0 radical (unpaired) electrons. The summed E-state index contributed by atoms with van der Waals surface area (Å²) in [4.78, 5) is 15.5. The van der Waals surface area contributed by atoms with Crippen molar-refractivity contribution >= 4 is 17.8 Å². The molecule has 1 aliphatic carbocycles. The van der Waals surface area contributed by atoms with Gasteiger partial charge in [-0.1, -0.05) is 0 Å². The second kappa shape index (κ2) is 6.40. The molecule has 8 nitrogen and oxygen atoms in total. The summed E-state index contributed by atoms with van der Waals surface area (Å²) in [5.41, 5.74) is 0. The lowest BCUT2D eigenvalue weighted by atomic mass is 9.89. The van der Waals surface area contributed by atoms with Crippen molar-refractivity contribution in [3.05, 3.63) is 0 Å². The van der Waals surface area contributed by atoms with Crippen LogP contribution in [0.3, 0.4) is 0 Å². The molecule has 116 valence electrons. The van der Waals surface area contributed by atoms with E-state index in [1.807, 2.05) is 7.05 Å². The van der Waals surface area contributed by atoms with E-state index in [4.69, 9.17) is 9.47 Å². The minimum absolute atomic E-state index is 0.354. The van der Waals surface area contributed by atoms with Crippen molar-refractivity contribution in [2.24, 2.45) is 0 Å². The number of hydrogen-bond acceptors (Lipinski definition) is 8. The topological polar surface area (TPSA) is 84.4 Å². The highest BCUT2D eigenvalue weighted by molar-refractivity contribution is 5.44. The number of nitrogens with one attached hydrogen (secondary N) is 2. The van der Waals surface area contributed by atoms with Crippen LogP contribution in [0.4, 0.5) is 17.8 Å². The Hall–Kier alpha value is -1.67. The highest BCUT2D eigenvalue weighted by atomic mass is 16.5. The molecule has 2 aliphatic rings. The zero-order valence-corrected chi connectivity index (χ0v) is 12.5. The summed E-state index contributed by atoms with van der Waals surface area (Å²) < 4.78 is 10.7. The highest BCUT2D eigenvalue weighted by Crippen LogP contribution is 2.26. The third-order valence-electron chi connectivity index (χ3n) is 3.90. The van der Waals surface area contributed by atoms with Crippen LogP contribution in [0.1, 0.15) is 12.8 Å². The van der Waals surface area contributed by atoms with Crippen LogP contribution in [0.2, 0.25) is 0 Å². The fraction of sp³-hybridized carbons (Fsp3) is 0.769. The lowest BCUT2D eigenvalue weighted by Gasteiger charge is -2.34. The average molecular weight is 294 g/mol. The van der Waals surface area contributed by atoms with E-state index in [1.165, 1.54) is 0 Å². The van der Waals surface area contributed by atoms with E-state index in [9.17, 15) is 0 Å². The first-order valence-corrected chi connectivity index (χ1v) is 7.34. The molecule has 0 atom stereocenters. The molecular weight excluding hydrogens is 272 g/mol. The fourth-order valence-electron chi connectivity index (χ4n) is 2.50. The number of ether oxygens (including phenoxy) is 2. The first-order valence-electron chi connectivity index (χ1n) is 7.34. The predicted octanol–water partition coefficient (Wildman–Crippen LogP) is 0.339. The van der Waals surface area contributed by atoms with Crippen molar-refractivity contribution in [1.82, 2.24) is 15.0 Å². The Morgan fingerprint density at radius 1 is 1.14 bits per heavy atom. The van der Waals surface area contributed by atoms with Gasteiger partial charge in [0, 0.05) is 33.3 Å². The zero-order valence-electron chi connectivity index (χ0n) is 12.5. The molecule has 1 aromatic rings. The Bertz CT molecular complexity index is 474. The normalized spacial score (nSPS) is 25.3. The standard InChI is InChI=1S/C13H22N6O2/c1-14-11-16-12(15-9-7-10(8-9)20-2)18-13(17-11)19-3-5-21-6-4-19/h9-10H,3-8H2,1-2H3,(H2,14,15,16,17,18). The number of anilines is 3. The summed E-state index contributed by atoms with van der Waals surface area (Å²) in [6.45, 7) is 3.03. The molecule has 8 heteroatoms. The van der Waals surface area contributed by atoms with Gasteiger partial charge in [-0.2, -0.15) is 15.0 Å². The second-order valence-corrected chi connectivity index (χ2v) is 5.30. The van der Waals surface area contributed by atoms with E-state index in [1.54, 1.807) is 7.11 Å². The summed E-state index contributed by atoms with van der Waals surface area (Å²) >= 11 is 0. The Balaban J connectivity index is 1.70. The maximum Gasteiger partial charge on any atom is 0.232 e. The van der Waals surface area contributed by atoms with Gasteiger partial charge >= 0.3 is 0 Å². The number of methoxy groups -OCH3 is 1. The smallest absolute Gasteiger partial charge is 0.232 e. The molecule has 1 aliphatic heterocycles. The molecule has 3 rings (SSSR count). The van der Waals surface area contributed by atoms with E-state index >= 15 is 0 Å². The molecule has 0 spiro atoms. The maximum absolute atomic E-state index is 5.37. The van der Waals surface area contributed by atoms with Gasteiger partial charge in [0.05, 0.1) is 19.3 Å². The third kappa shape index (κ3) is 3.33. The average Bonchev–Trinajstić information content (AvgIpc) is 2.51. The molecule has 21 heavy (non-hydrogen) atoms. The minimum Gasteiger partial charge on any atom is -0.381 e. The Morgan fingerprint density at radius 2 is 1.86 bits per heavy atom. The van der Waals surface area contributed by atoms with Crippen molar-refractivity contribution in [2.45, 2.75) is 25.0 Å². The Kier molecular flexibility index (Phi) is 4.35. The lowest BCUT2D eigenvalue weighted by Crippen LogP contribution is -2.41. The summed E-state index contributed by atoms with van der Waals surface area (Å²) in [7, 11) is 3.56. The molecule has 2 heterocycles. The number of rotatable bonds is 5. The fourth-order valence-corrected chi connectivity index (χ4v) is 2.50. The van der Waals surface area contributed by atoms with Gasteiger partial charge in [0.15, 0.2) is 0 Å². The maximum atomic E-state index is 5.37. The first-order chi connectivity index (χ1) is 10.3.